The molecule has 0 heterocycles. The molecule has 2 rings (SSSR count). The minimum Gasteiger partial charge on any atom is -0.211 e. The van der Waals surface area contributed by atoms with Crippen molar-refractivity contribution in [3.05, 3.63) is 0 Å². The molecule has 0 saturated heterocycles. The van der Waals surface area contributed by atoms with Crippen LogP contribution in [0, 0.1) is 17.3 Å². The smallest absolute Gasteiger partial charge is 0.211 e. The summed E-state index contributed by atoms with van der Waals surface area (Å²) in [5.41, 5.74) is -0.0180. The topological polar surface area (TPSA) is 353 Å². The molecule has 0 amide bonds. The van der Waals surface area contributed by atoms with Gasteiger partial charge >= 0.3 is 0 Å². The standard InChI is InChI=1S/C15H22N2O2.C9H14N2O2.C8H12N2O2S.C8H12N2O2.C6H8N2O2.C5H6N2O2/c18-10-16-14-5-1-12(2-6-14)9-13-3-7-15(8-4-13)17-11-19;1-9(2,6-11-8-13)4-3-5-10-7-12;11-7-9-3-1-5-13-6-2-4-10-8-12;11-7-9-5-3-1-2-4-6-10-8-12;9-5-7-3-1-2-4-8-6-10;8-4-6-2-1-3-7-5-9/h12-15H,1-9H2;3-6H2,1-2H3;1-6H2;1-6H2;1-4H2;1-3H2. The van der Waals surface area contributed by atoms with E-state index in [-0.39, 0.29) is 17.5 Å². The number of nitrogens with zero attached hydrogens (tertiary/aromatic N) is 12. The third kappa shape index (κ3) is 64.9. The van der Waals surface area contributed by atoms with Crippen molar-refractivity contribution in [2.75, 3.05) is 77.0 Å². The average Bonchev–Trinajstić information content (AvgIpc) is 3.43. The molecule has 0 aromatic carbocycles. The van der Waals surface area contributed by atoms with E-state index < -0.39 is 0 Å². The maximum atomic E-state index is 10.2. The van der Waals surface area contributed by atoms with Crippen LogP contribution in [0.4, 0.5) is 0 Å². The van der Waals surface area contributed by atoms with E-state index in [1.54, 1.807) is 23.9 Å². The highest BCUT2D eigenvalue weighted by Crippen LogP contribution is 2.36. The molecule has 2 aliphatic carbocycles. The molecule has 25 heteroatoms. The van der Waals surface area contributed by atoms with Crippen LogP contribution < -0.4 is 0 Å². The van der Waals surface area contributed by atoms with Crippen molar-refractivity contribution in [1.29, 1.82) is 0 Å². The summed E-state index contributed by atoms with van der Waals surface area (Å²) in [6.07, 6.45) is 37.7. The highest BCUT2D eigenvalue weighted by atomic mass is 32.2. The van der Waals surface area contributed by atoms with Gasteiger partial charge < -0.3 is 0 Å². The van der Waals surface area contributed by atoms with Gasteiger partial charge in [-0.1, -0.05) is 26.7 Å². The lowest BCUT2D eigenvalue weighted by molar-refractivity contribution is 0.226. The molecule has 0 spiro atoms. The van der Waals surface area contributed by atoms with Crippen LogP contribution in [0.3, 0.4) is 0 Å². The van der Waals surface area contributed by atoms with E-state index in [1.165, 1.54) is 92.9 Å². The van der Waals surface area contributed by atoms with E-state index >= 15 is 0 Å². The predicted octanol–water partition coefficient (Wildman–Crippen LogP) is 7.51. The van der Waals surface area contributed by atoms with Gasteiger partial charge in [0, 0.05) is 0 Å². The van der Waals surface area contributed by atoms with Gasteiger partial charge in [-0.15, -0.1) is 0 Å². The van der Waals surface area contributed by atoms with Crippen LogP contribution in [0.5, 0.6) is 0 Å². The summed E-state index contributed by atoms with van der Waals surface area (Å²) in [6.45, 7) is 8.93. The zero-order valence-electron chi connectivity index (χ0n) is 44.1. The molecule has 0 atom stereocenters. The molecule has 416 valence electrons. The second kappa shape index (κ2) is 65.9. The average molecular weight is 1080 g/mol. The van der Waals surface area contributed by atoms with Crippen molar-refractivity contribution in [3.8, 4) is 0 Å². The Bertz CT molecular complexity index is 1960. The first-order valence-corrected chi connectivity index (χ1v) is 26.3. The first-order chi connectivity index (χ1) is 37.1. The van der Waals surface area contributed by atoms with Gasteiger partial charge in [-0.05, 0) is 144 Å². The Morgan fingerprint density at radius 3 is 0.908 bits per heavy atom. The Morgan fingerprint density at radius 1 is 0.329 bits per heavy atom. The number of carbonyl (C=O) groups excluding carboxylic acids is 12. The van der Waals surface area contributed by atoms with E-state index in [0.717, 1.165) is 113 Å². The highest BCUT2D eigenvalue weighted by Gasteiger charge is 2.26. The summed E-state index contributed by atoms with van der Waals surface area (Å²) in [5, 5.41) is 0. The zero-order valence-corrected chi connectivity index (χ0v) is 44.9. The van der Waals surface area contributed by atoms with Crippen molar-refractivity contribution in [2.45, 2.75) is 154 Å². The monoisotopic (exact) mass is 1080 g/mol. The van der Waals surface area contributed by atoms with Crippen LogP contribution in [0.1, 0.15) is 142 Å². The molecule has 0 N–H and O–H groups in total. The summed E-state index contributed by atoms with van der Waals surface area (Å²) in [6, 6.07) is 0.456. The Hall–Kier alpha value is -7.09. The van der Waals surface area contributed by atoms with Crippen LogP contribution in [0.15, 0.2) is 59.9 Å². The number of hydrogen-bond donors (Lipinski definition) is 0. The number of rotatable bonds is 34. The van der Waals surface area contributed by atoms with Gasteiger partial charge in [-0.25, -0.2) is 117 Å². The molecule has 0 bridgehead atoms. The number of unbranched alkanes of at least 4 members (excludes halogenated alkanes) is 4. The first-order valence-electron chi connectivity index (χ1n) is 25.2. The summed E-state index contributed by atoms with van der Waals surface area (Å²) in [4.78, 5) is 158. The summed E-state index contributed by atoms with van der Waals surface area (Å²) >= 11 is 1.77. The Balaban J connectivity index is -0.000000417. The fourth-order valence-corrected chi connectivity index (χ4v) is 7.82. The Kier molecular flexibility index (Phi) is 65.4. The van der Waals surface area contributed by atoms with Crippen molar-refractivity contribution < 1.29 is 57.5 Å². The van der Waals surface area contributed by atoms with E-state index in [1.807, 2.05) is 13.8 Å². The van der Waals surface area contributed by atoms with E-state index in [0.29, 0.717) is 71.9 Å². The van der Waals surface area contributed by atoms with Crippen molar-refractivity contribution in [1.82, 2.24) is 0 Å². The normalized spacial score (nSPS) is 15.1. The fraction of sp³-hybridized carbons (Fsp3) is 0.765. The molecule has 0 radical (unpaired) electrons. The molecule has 0 aromatic rings. The van der Waals surface area contributed by atoms with Gasteiger partial charge in [0.1, 0.15) is 0 Å². The molecule has 0 aromatic heterocycles. The van der Waals surface area contributed by atoms with Crippen LogP contribution in [0.25, 0.3) is 0 Å². The molecule has 0 unspecified atom stereocenters. The number of hydrogen-bond acceptors (Lipinski definition) is 25. The molecule has 0 aliphatic heterocycles. The van der Waals surface area contributed by atoms with Gasteiger partial charge in [-0.3, -0.25) is 0 Å². The summed E-state index contributed by atoms with van der Waals surface area (Å²) in [7, 11) is 0. The number of aliphatic imine (C=N–C) groups is 12. The molecule has 2 aliphatic rings. The number of isocyanates is 12. The molecular weight excluding hydrogens is 1000 g/mol. The van der Waals surface area contributed by atoms with E-state index in [4.69, 9.17) is 0 Å². The predicted molar refractivity (Wildman–Crippen MR) is 284 cm³/mol. The Morgan fingerprint density at radius 2 is 0.605 bits per heavy atom. The molecule has 24 nitrogen and oxygen atoms in total. The first kappa shape index (κ1) is 75.4. The maximum Gasteiger partial charge on any atom is 0.235 e. The third-order valence-corrected chi connectivity index (χ3v) is 11.9. The SMILES string of the molecule is CC(C)(CCCN=C=O)CN=C=O.O=C=NC1CCC(CC2CCC(N=C=O)CC2)CC1.O=C=NCCCCCCN=C=O.O=C=NCCCCN=C=O.O=C=NCCCN=C=O.O=C=NCCCSCCCN=C=O. The second-order valence-corrected chi connectivity index (χ2v) is 18.5. The van der Waals surface area contributed by atoms with Gasteiger partial charge in [0.25, 0.3) is 0 Å². The number of thioether (sulfide) groups is 1. The second-order valence-electron chi connectivity index (χ2n) is 17.3. The summed E-state index contributed by atoms with van der Waals surface area (Å²) < 4.78 is 0. The molecule has 2 fully saturated rings. The van der Waals surface area contributed by atoms with Crippen LogP contribution in [-0.2, 0) is 57.5 Å². The quantitative estimate of drug-likeness (QED) is 0.0342. The minimum atomic E-state index is -0.0180. The van der Waals surface area contributed by atoms with Crippen molar-refractivity contribution >= 4 is 84.7 Å². The Labute approximate surface area is 449 Å². The van der Waals surface area contributed by atoms with Crippen molar-refractivity contribution in [3.63, 3.8) is 0 Å². The third-order valence-electron chi connectivity index (χ3n) is 10.8. The minimum absolute atomic E-state index is 0.0180. The molecule has 2 saturated carbocycles. The largest absolute Gasteiger partial charge is 0.235 e. The summed E-state index contributed by atoms with van der Waals surface area (Å²) in [5.74, 6) is 3.56. The fourth-order valence-electron chi connectivity index (χ4n) is 6.95. The van der Waals surface area contributed by atoms with Gasteiger partial charge in [-0.2, -0.15) is 11.8 Å². The lowest BCUT2D eigenvalue weighted by Crippen LogP contribution is -2.23. The highest BCUT2D eigenvalue weighted by molar-refractivity contribution is 7.99. The lowest BCUT2D eigenvalue weighted by atomic mass is 9.76. The molecule has 76 heavy (non-hydrogen) atoms. The maximum absolute atomic E-state index is 10.2. The van der Waals surface area contributed by atoms with E-state index in [2.05, 4.69) is 59.9 Å². The zero-order chi connectivity index (χ0) is 57.1. The van der Waals surface area contributed by atoms with Crippen molar-refractivity contribution in [2.24, 2.45) is 77.2 Å². The van der Waals surface area contributed by atoms with Crippen LogP contribution in [-0.4, -0.2) is 162 Å². The lowest BCUT2D eigenvalue weighted by Gasteiger charge is -2.31. The van der Waals surface area contributed by atoms with Gasteiger partial charge in [0.2, 0.25) is 73.0 Å². The van der Waals surface area contributed by atoms with Gasteiger partial charge in [0.15, 0.2) is 0 Å². The van der Waals surface area contributed by atoms with Crippen LogP contribution in [0.2, 0.25) is 0 Å². The van der Waals surface area contributed by atoms with Gasteiger partial charge in [0.05, 0.1) is 77.5 Å². The van der Waals surface area contributed by atoms with Crippen LogP contribution >= 0.6 is 11.8 Å². The molecular formula is C51H74N12O12S. The van der Waals surface area contributed by atoms with E-state index in [9.17, 15) is 57.5 Å².